The third-order valence-corrected chi connectivity index (χ3v) is 2.81. The summed E-state index contributed by atoms with van der Waals surface area (Å²) in [7, 11) is 0. The number of Topliss-reactive ketones (excluding diaryl/α,β-unsaturated/α-hetero) is 1. The molecule has 0 fully saturated rings. The van der Waals surface area contributed by atoms with E-state index >= 15 is 0 Å². The number of benzene rings is 1. The summed E-state index contributed by atoms with van der Waals surface area (Å²) in [6, 6.07) is 6.22. The molecule has 0 amide bonds. The topological polar surface area (TPSA) is 118 Å². The molecule has 0 spiro atoms. The van der Waals surface area contributed by atoms with Crippen LogP contribution in [-0.4, -0.2) is 62.3 Å². The van der Waals surface area contributed by atoms with Gasteiger partial charge in [-0.25, -0.2) is 0 Å². The van der Waals surface area contributed by atoms with E-state index < -0.39 is 36.8 Å². The van der Waals surface area contributed by atoms with Crippen LogP contribution in [0.5, 0.6) is 0 Å². The molecule has 0 bridgehead atoms. The van der Waals surface area contributed by atoms with Crippen molar-refractivity contribution in [1.82, 2.24) is 0 Å². The van der Waals surface area contributed by atoms with Crippen molar-refractivity contribution in [3.8, 4) is 0 Å². The lowest BCUT2D eigenvalue weighted by atomic mass is 9.94. The number of carbonyl (C=O) groups excluding carboxylic acids is 1. The van der Waals surface area contributed by atoms with E-state index in [4.69, 9.17) is 10.2 Å². The van der Waals surface area contributed by atoms with Crippen molar-refractivity contribution < 1.29 is 30.3 Å². The SMILES string of the molecule is [CH2]c1ccccc1C(=O)[C@H](O)[C@@H](O)[C@H](O)[C@H](O)CO. The molecule has 105 valence electrons. The highest BCUT2D eigenvalue weighted by molar-refractivity contribution is 6.01. The van der Waals surface area contributed by atoms with Crippen molar-refractivity contribution in [2.24, 2.45) is 0 Å². The van der Waals surface area contributed by atoms with E-state index in [2.05, 4.69) is 6.92 Å². The predicted octanol–water partition coefficient (Wildman–Crippen LogP) is -1.51. The smallest absolute Gasteiger partial charge is 0.194 e. The number of ketones is 1. The van der Waals surface area contributed by atoms with Crippen LogP contribution in [0.4, 0.5) is 0 Å². The summed E-state index contributed by atoms with van der Waals surface area (Å²) in [6.07, 6.45) is -7.30. The molecule has 0 aliphatic rings. The maximum Gasteiger partial charge on any atom is 0.194 e. The molecule has 0 aliphatic heterocycles. The molecule has 0 saturated carbocycles. The van der Waals surface area contributed by atoms with Crippen LogP contribution < -0.4 is 0 Å². The molecule has 0 heterocycles. The Bertz CT molecular complexity index is 433. The minimum Gasteiger partial charge on any atom is -0.394 e. The Labute approximate surface area is 110 Å². The molecule has 5 N–H and O–H groups in total. The number of carbonyl (C=O) groups is 1. The van der Waals surface area contributed by atoms with Gasteiger partial charge in [0.05, 0.1) is 6.61 Å². The fraction of sp³-hybridized carbons (Fsp3) is 0.385. The highest BCUT2D eigenvalue weighted by atomic mass is 16.4. The number of hydrogen-bond acceptors (Lipinski definition) is 6. The molecule has 4 atom stereocenters. The Kier molecular flexibility index (Phi) is 5.59. The van der Waals surface area contributed by atoms with Gasteiger partial charge in [0.1, 0.15) is 24.4 Å². The molecular weight excluding hydrogens is 252 g/mol. The van der Waals surface area contributed by atoms with Gasteiger partial charge < -0.3 is 25.5 Å². The van der Waals surface area contributed by atoms with Crippen LogP contribution in [0.2, 0.25) is 0 Å². The maximum atomic E-state index is 11.9. The summed E-state index contributed by atoms with van der Waals surface area (Å²) < 4.78 is 0. The Balaban J connectivity index is 2.86. The Morgan fingerprint density at radius 2 is 1.68 bits per heavy atom. The first kappa shape index (κ1) is 15.7. The molecule has 0 saturated heterocycles. The van der Waals surface area contributed by atoms with Crippen LogP contribution in [0.1, 0.15) is 15.9 Å². The predicted molar refractivity (Wildman–Crippen MR) is 66.3 cm³/mol. The molecular formula is C13H17O6. The monoisotopic (exact) mass is 269 g/mol. The van der Waals surface area contributed by atoms with Gasteiger partial charge >= 0.3 is 0 Å². The lowest BCUT2D eigenvalue weighted by Crippen LogP contribution is -2.48. The molecule has 0 aliphatic carbocycles. The standard InChI is InChI=1S/C13H17O6/c1-7-4-2-3-5-8(7)10(16)12(18)13(19)11(17)9(15)6-14/h2-5,9,11-15,17-19H,1,6H2/t9-,11-,12+,13+/m1/s1. The van der Waals surface area contributed by atoms with Gasteiger partial charge in [-0.1, -0.05) is 24.3 Å². The van der Waals surface area contributed by atoms with Crippen molar-refractivity contribution >= 4 is 5.78 Å². The first-order chi connectivity index (χ1) is 8.90. The van der Waals surface area contributed by atoms with E-state index in [0.29, 0.717) is 5.56 Å². The zero-order chi connectivity index (χ0) is 14.6. The highest BCUT2D eigenvalue weighted by Gasteiger charge is 2.34. The quantitative estimate of drug-likeness (QED) is 0.401. The van der Waals surface area contributed by atoms with Gasteiger partial charge in [0.15, 0.2) is 5.78 Å². The fourth-order valence-electron chi connectivity index (χ4n) is 1.60. The molecule has 1 radical (unpaired) electrons. The average Bonchev–Trinajstić information content (AvgIpc) is 2.43. The second-order valence-corrected chi connectivity index (χ2v) is 4.20. The Hall–Kier alpha value is -1.31. The molecule has 19 heavy (non-hydrogen) atoms. The molecule has 0 unspecified atom stereocenters. The second-order valence-electron chi connectivity index (χ2n) is 4.20. The van der Waals surface area contributed by atoms with E-state index in [1.54, 1.807) is 18.2 Å². The van der Waals surface area contributed by atoms with Crippen molar-refractivity contribution in [1.29, 1.82) is 0 Å². The molecule has 0 aromatic heterocycles. The number of aliphatic hydroxyl groups excluding tert-OH is 5. The van der Waals surface area contributed by atoms with Gasteiger partial charge in [0, 0.05) is 5.56 Å². The van der Waals surface area contributed by atoms with Gasteiger partial charge in [0.25, 0.3) is 0 Å². The minimum absolute atomic E-state index is 0.111. The van der Waals surface area contributed by atoms with Crippen LogP contribution >= 0.6 is 0 Å². The van der Waals surface area contributed by atoms with E-state index in [1.165, 1.54) is 6.07 Å². The molecule has 6 nitrogen and oxygen atoms in total. The largest absolute Gasteiger partial charge is 0.394 e. The third-order valence-electron chi connectivity index (χ3n) is 2.81. The van der Waals surface area contributed by atoms with Gasteiger partial charge in [-0.05, 0) is 12.5 Å². The van der Waals surface area contributed by atoms with Crippen molar-refractivity contribution in [2.45, 2.75) is 24.4 Å². The summed E-state index contributed by atoms with van der Waals surface area (Å²) >= 11 is 0. The van der Waals surface area contributed by atoms with Crippen LogP contribution in [-0.2, 0) is 0 Å². The number of hydrogen-bond donors (Lipinski definition) is 5. The fourth-order valence-corrected chi connectivity index (χ4v) is 1.60. The van der Waals surface area contributed by atoms with Crippen LogP contribution in [0.25, 0.3) is 0 Å². The highest BCUT2D eigenvalue weighted by Crippen LogP contribution is 2.14. The van der Waals surface area contributed by atoms with E-state index in [0.717, 1.165) is 0 Å². The van der Waals surface area contributed by atoms with Gasteiger partial charge in [-0.3, -0.25) is 4.79 Å². The van der Waals surface area contributed by atoms with Crippen molar-refractivity contribution in [3.05, 3.63) is 42.3 Å². The van der Waals surface area contributed by atoms with E-state index in [-0.39, 0.29) is 5.56 Å². The zero-order valence-electron chi connectivity index (χ0n) is 10.2. The van der Waals surface area contributed by atoms with Gasteiger partial charge in [-0.15, -0.1) is 0 Å². The Morgan fingerprint density at radius 1 is 1.11 bits per heavy atom. The number of aliphatic hydroxyl groups is 5. The Morgan fingerprint density at radius 3 is 2.21 bits per heavy atom. The first-order valence-corrected chi connectivity index (χ1v) is 5.68. The van der Waals surface area contributed by atoms with Crippen LogP contribution in [0, 0.1) is 6.92 Å². The maximum absolute atomic E-state index is 11.9. The summed E-state index contributed by atoms with van der Waals surface area (Å²) in [5.41, 5.74) is 0.482. The van der Waals surface area contributed by atoms with Crippen LogP contribution in [0.3, 0.4) is 0 Å². The first-order valence-electron chi connectivity index (χ1n) is 5.68. The molecule has 1 aromatic carbocycles. The van der Waals surface area contributed by atoms with E-state index in [1.807, 2.05) is 0 Å². The molecule has 1 aromatic rings. The average molecular weight is 269 g/mol. The van der Waals surface area contributed by atoms with Gasteiger partial charge in [0.2, 0.25) is 0 Å². The second kappa shape index (κ2) is 6.74. The summed E-state index contributed by atoms with van der Waals surface area (Å²) in [5, 5.41) is 46.5. The zero-order valence-corrected chi connectivity index (χ0v) is 10.2. The lowest BCUT2D eigenvalue weighted by Gasteiger charge is -2.25. The van der Waals surface area contributed by atoms with Crippen molar-refractivity contribution in [2.75, 3.05) is 6.61 Å². The van der Waals surface area contributed by atoms with Crippen molar-refractivity contribution in [3.63, 3.8) is 0 Å². The molecule has 1 rings (SSSR count). The molecule has 6 heteroatoms. The lowest BCUT2D eigenvalue weighted by molar-refractivity contribution is -0.105. The third kappa shape index (κ3) is 3.59. The minimum atomic E-state index is -1.92. The number of rotatable bonds is 6. The van der Waals surface area contributed by atoms with Gasteiger partial charge in [-0.2, -0.15) is 0 Å². The van der Waals surface area contributed by atoms with E-state index in [9.17, 15) is 20.1 Å². The van der Waals surface area contributed by atoms with Crippen LogP contribution in [0.15, 0.2) is 24.3 Å². The summed E-state index contributed by atoms with van der Waals surface area (Å²) in [4.78, 5) is 11.9. The summed E-state index contributed by atoms with van der Waals surface area (Å²) in [5.74, 6) is -0.817. The summed E-state index contributed by atoms with van der Waals surface area (Å²) in [6.45, 7) is 2.81. The normalized spacial score (nSPS) is 17.6.